The SMILES string of the molecule is CCCC(C(=O)O)C(C#N)(CCC(C)C)C(=O)O. The first-order valence-corrected chi connectivity index (χ1v) is 6.19. The standard InChI is InChI=1S/C13H21NO4/c1-4-5-10(11(15)16)13(8-14,12(17)18)7-6-9(2)3/h9-10H,4-7H2,1-3H3,(H,15,16)(H,17,18). The molecule has 102 valence electrons. The molecule has 0 aliphatic rings. The number of carbonyl (C=O) groups is 2. The molecule has 0 aromatic heterocycles. The van der Waals surface area contributed by atoms with E-state index in [1.165, 1.54) is 0 Å². The summed E-state index contributed by atoms with van der Waals surface area (Å²) in [7, 11) is 0. The topological polar surface area (TPSA) is 98.4 Å². The largest absolute Gasteiger partial charge is 0.481 e. The van der Waals surface area contributed by atoms with Gasteiger partial charge >= 0.3 is 11.9 Å². The molecule has 0 saturated carbocycles. The van der Waals surface area contributed by atoms with Gasteiger partial charge in [-0.15, -0.1) is 0 Å². The molecule has 0 aromatic carbocycles. The molecule has 0 rings (SSSR count). The number of aliphatic carboxylic acids is 2. The van der Waals surface area contributed by atoms with Crippen molar-refractivity contribution in [3.05, 3.63) is 0 Å². The van der Waals surface area contributed by atoms with Crippen molar-refractivity contribution in [3.63, 3.8) is 0 Å². The third-order valence-electron chi connectivity index (χ3n) is 3.17. The van der Waals surface area contributed by atoms with Crippen LogP contribution in [0.1, 0.15) is 46.5 Å². The summed E-state index contributed by atoms with van der Waals surface area (Å²) < 4.78 is 0. The predicted octanol–water partition coefficient (Wildman–Crippen LogP) is 2.52. The normalized spacial score (nSPS) is 15.7. The van der Waals surface area contributed by atoms with Gasteiger partial charge < -0.3 is 10.2 Å². The fraction of sp³-hybridized carbons (Fsp3) is 0.769. The van der Waals surface area contributed by atoms with Crippen LogP contribution in [0, 0.1) is 28.6 Å². The van der Waals surface area contributed by atoms with Gasteiger partial charge in [0.25, 0.3) is 0 Å². The first-order chi connectivity index (χ1) is 8.31. The average molecular weight is 255 g/mol. The van der Waals surface area contributed by atoms with Gasteiger partial charge in [-0.05, 0) is 25.2 Å². The maximum Gasteiger partial charge on any atom is 0.324 e. The van der Waals surface area contributed by atoms with Gasteiger partial charge in [0.15, 0.2) is 5.41 Å². The summed E-state index contributed by atoms with van der Waals surface area (Å²) in [5.74, 6) is -3.45. The van der Waals surface area contributed by atoms with E-state index >= 15 is 0 Å². The lowest BCUT2D eigenvalue weighted by Crippen LogP contribution is -2.42. The number of nitrogens with zero attached hydrogens (tertiary/aromatic N) is 1. The Labute approximate surface area is 107 Å². The predicted molar refractivity (Wildman–Crippen MR) is 65.8 cm³/mol. The van der Waals surface area contributed by atoms with Crippen LogP contribution in [0.5, 0.6) is 0 Å². The van der Waals surface area contributed by atoms with Crippen molar-refractivity contribution in [2.45, 2.75) is 46.5 Å². The van der Waals surface area contributed by atoms with Gasteiger partial charge in [-0.1, -0.05) is 27.2 Å². The lowest BCUT2D eigenvalue weighted by Gasteiger charge is -2.28. The van der Waals surface area contributed by atoms with E-state index in [9.17, 15) is 25.1 Å². The molecule has 5 nitrogen and oxygen atoms in total. The Balaban J connectivity index is 5.34. The Hall–Kier alpha value is -1.57. The second-order valence-electron chi connectivity index (χ2n) is 5.00. The fourth-order valence-corrected chi connectivity index (χ4v) is 2.00. The quantitative estimate of drug-likeness (QED) is 0.694. The van der Waals surface area contributed by atoms with Gasteiger partial charge in [-0.2, -0.15) is 5.26 Å². The van der Waals surface area contributed by atoms with E-state index in [2.05, 4.69) is 0 Å². The molecule has 0 fully saturated rings. The Morgan fingerprint density at radius 1 is 1.28 bits per heavy atom. The van der Waals surface area contributed by atoms with Gasteiger partial charge in [-0.25, -0.2) is 0 Å². The van der Waals surface area contributed by atoms with Gasteiger partial charge in [-0.3, -0.25) is 9.59 Å². The summed E-state index contributed by atoms with van der Waals surface area (Å²) in [6.45, 7) is 5.61. The zero-order valence-electron chi connectivity index (χ0n) is 11.1. The van der Waals surface area contributed by atoms with E-state index in [4.69, 9.17) is 0 Å². The highest BCUT2D eigenvalue weighted by molar-refractivity contribution is 5.86. The molecule has 0 spiro atoms. The second-order valence-corrected chi connectivity index (χ2v) is 5.00. The van der Waals surface area contributed by atoms with E-state index in [1.54, 1.807) is 13.0 Å². The van der Waals surface area contributed by atoms with Crippen molar-refractivity contribution in [3.8, 4) is 6.07 Å². The van der Waals surface area contributed by atoms with E-state index in [1.807, 2.05) is 13.8 Å². The fourth-order valence-electron chi connectivity index (χ4n) is 2.00. The zero-order chi connectivity index (χ0) is 14.3. The molecular weight excluding hydrogens is 234 g/mol. The number of hydrogen-bond acceptors (Lipinski definition) is 3. The monoisotopic (exact) mass is 255 g/mol. The number of hydrogen-bond donors (Lipinski definition) is 2. The molecule has 2 N–H and O–H groups in total. The van der Waals surface area contributed by atoms with Crippen LogP contribution in [0.4, 0.5) is 0 Å². The van der Waals surface area contributed by atoms with Crippen LogP contribution in [0.15, 0.2) is 0 Å². The van der Waals surface area contributed by atoms with Crippen LogP contribution < -0.4 is 0 Å². The lowest BCUT2D eigenvalue weighted by atomic mass is 9.70. The molecule has 0 aliphatic heterocycles. The number of carboxylic acid groups (broad SMARTS) is 2. The summed E-state index contributed by atoms with van der Waals surface area (Å²) in [5.41, 5.74) is -1.81. The highest BCUT2D eigenvalue weighted by Gasteiger charge is 2.49. The molecule has 18 heavy (non-hydrogen) atoms. The number of carboxylic acids is 2. The molecule has 2 unspecified atom stereocenters. The van der Waals surface area contributed by atoms with Gasteiger partial charge in [0.2, 0.25) is 0 Å². The minimum absolute atomic E-state index is 0.0769. The molecule has 0 amide bonds. The molecule has 0 aromatic rings. The van der Waals surface area contributed by atoms with Crippen molar-refractivity contribution in [2.24, 2.45) is 17.3 Å². The minimum atomic E-state index is -1.81. The van der Waals surface area contributed by atoms with Crippen molar-refractivity contribution >= 4 is 11.9 Å². The molecule has 0 aliphatic carbocycles. The minimum Gasteiger partial charge on any atom is -0.481 e. The highest BCUT2D eigenvalue weighted by atomic mass is 16.4. The summed E-state index contributed by atoms with van der Waals surface area (Å²) in [5, 5.41) is 27.7. The van der Waals surface area contributed by atoms with E-state index in [0.717, 1.165) is 0 Å². The van der Waals surface area contributed by atoms with Crippen LogP contribution in [0.25, 0.3) is 0 Å². The Morgan fingerprint density at radius 2 is 1.83 bits per heavy atom. The summed E-state index contributed by atoms with van der Waals surface area (Å²) in [4.78, 5) is 22.6. The van der Waals surface area contributed by atoms with Crippen molar-refractivity contribution in [1.29, 1.82) is 5.26 Å². The number of nitriles is 1. The van der Waals surface area contributed by atoms with Gasteiger partial charge in [0.1, 0.15) is 0 Å². The molecular formula is C13H21NO4. The van der Waals surface area contributed by atoms with Crippen molar-refractivity contribution in [2.75, 3.05) is 0 Å². The average Bonchev–Trinajstić information content (AvgIpc) is 2.27. The highest BCUT2D eigenvalue weighted by Crippen LogP contribution is 2.37. The van der Waals surface area contributed by atoms with Crippen LogP contribution in [-0.4, -0.2) is 22.2 Å². The van der Waals surface area contributed by atoms with Gasteiger partial charge in [0.05, 0.1) is 12.0 Å². The molecule has 0 radical (unpaired) electrons. The molecule has 0 heterocycles. The third-order valence-corrected chi connectivity index (χ3v) is 3.17. The Bertz CT molecular complexity index is 345. The summed E-state index contributed by atoms with van der Waals surface area (Å²) in [6, 6.07) is 1.76. The maximum absolute atomic E-state index is 11.4. The van der Waals surface area contributed by atoms with Crippen LogP contribution >= 0.6 is 0 Å². The first kappa shape index (κ1) is 16.4. The molecule has 2 atom stereocenters. The number of rotatable bonds is 8. The zero-order valence-corrected chi connectivity index (χ0v) is 11.1. The Kier molecular flexibility index (Phi) is 6.39. The lowest BCUT2D eigenvalue weighted by molar-refractivity contribution is -0.159. The van der Waals surface area contributed by atoms with E-state index in [0.29, 0.717) is 12.8 Å². The van der Waals surface area contributed by atoms with E-state index < -0.39 is 23.3 Å². The van der Waals surface area contributed by atoms with Crippen LogP contribution in [0.2, 0.25) is 0 Å². The summed E-state index contributed by atoms with van der Waals surface area (Å²) in [6.07, 6.45) is 1.34. The molecule has 5 heteroatoms. The van der Waals surface area contributed by atoms with Gasteiger partial charge in [0, 0.05) is 0 Å². The van der Waals surface area contributed by atoms with Crippen molar-refractivity contribution < 1.29 is 19.8 Å². The van der Waals surface area contributed by atoms with Crippen LogP contribution in [-0.2, 0) is 9.59 Å². The summed E-state index contributed by atoms with van der Waals surface area (Å²) >= 11 is 0. The third kappa shape index (κ3) is 3.73. The Morgan fingerprint density at radius 3 is 2.11 bits per heavy atom. The second kappa shape index (κ2) is 7.00. The molecule has 0 bridgehead atoms. The van der Waals surface area contributed by atoms with E-state index in [-0.39, 0.29) is 18.8 Å². The van der Waals surface area contributed by atoms with Crippen LogP contribution in [0.3, 0.4) is 0 Å². The maximum atomic E-state index is 11.4. The van der Waals surface area contributed by atoms with Crippen molar-refractivity contribution in [1.82, 2.24) is 0 Å². The molecule has 0 saturated heterocycles. The smallest absolute Gasteiger partial charge is 0.324 e. The first-order valence-electron chi connectivity index (χ1n) is 6.19.